The lowest BCUT2D eigenvalue weighted by Crippen LogP contribution is -2.12. The van der Waals surface area contributed by atoms with Gasteiger partial charge in [0.15, 0.2) is 0 Å². The van der Waals surface area contributed by atoms with Crippen molar-refractivity contribution in [2.24, 2.45) is 0 Å². The number of carbonyl (C=O) groups excluding carboxylic acids is 1. The van der Waals surface area contributed by atoms with Gasteiger partial charge in [0.2, 0.25) is 11.9 Å². The van der Waals surface area contributed by atoms with Crippen LogP contribution in [0.2, 0.25) is 0 Å². The van der Waals surface area contributed by atoms with E-state index < -0.39 is 0 Å². The summed E-state index contributed by atoms with van der Waals surface area (Å²) in [6.45, 7) is 1.96. The van der Waals surface area contributed by atoms with E-state index in [0.29, 0.717) is 11.6 Å². The van der Waals surface area contributed by atoms with Crippen LogP contribution in [0.5, 0.6) is 0 Å². The maximum absolute atomic E-state index is 11.4. The van der Waals surface area contributed by atoms with Crippen LogP contribution in [0.1, 0.15) is 5.56 Å². The van der Waals surface area contributed by atoms with Crippen molar-refractivity contribution in [1.29, 1.82) is 0 Å². The summed E-state index contributed by atoms with van der Waals surface area (Å²) in [5.74, 6) is 0.115. The van der Waals surface area contributed by atoms with Crippen LogP contribution in [0.3, 0.4) is 0 Å². The summed E-state index contributed by atoms with van der Waals surface area (Å²) in [5.41, 5.74) is 4.14. The van der Waals surface area contributed by atoms with Crippen molar-refractivity contribution >= 4 is 34.8 Å². The van der Waals surface area contributed by atoms with E-state index >= 15 is 0 Å². The predicted octanol–water partition coefficient (Wildman–Crippen LogP) is 3.77. The van der Waals surface area contributed by atoms with Gasteiger partial charge in [-0.05, 0) is 42.8 Å². The molecule has 0 fully saturated rings. The van der Waals surface area contributed by atoms with Crippen LogP contribution in [0.15, 0.2) is 55.0 Å². The molecule has 2 heterocycles. The van der Waals surface area contributed by atoms with Crippen LogP contribution in [0, 0.1) is 6.92 Å². The van der Waals surface area contributed by atoms with E-state index in [2.05, 4.69) is 25.6 Å². The Balaban J connectivity index is 1.85. The van der Waals surface area contributed by atoms with Crippen molar-refractivity contribution in [3.8, 4) is 11.3 Å². The second-order valence-electron chi connectivity index (χ2n) is 5.34. The third-order valence-electron chi connectivity index (χ3n) is 3.50. The van der Waals surface area contributed by atoms with Crippen molar-refractivity contribution in [3.05, 3.63) is 60.6 Å². The number of anilines is 3. The number of aryl methyl sites for hydroxylation is 1. The highest BCUT2D eigenvalue weighted by Crippen LogP contribution is 2.24. The molecule has 0 bridgehead atoms. The Morgan fingerprint density at radius 1 is 1.20 bits per heavy atom. The number of halogens is 1. The minimum atomic E-state index is -0.258. The standard InChI is InChI=1S/C18H16ClN5O/c1-12-4-5-14(22-17(25)10-19)9-16(12)24-18-21-8-6-15(23-18)13-3-2-7-20-11-13/h2-9,11H,10H2,1H3,(H,22,25)(H,21,23,24). The number of amides is 1. The largest absolute Gasteiger partial charge is 0.325 e. The molecule has 0 aliphatic heterocycles. The van der Waals surface area contributed by atoms with E-state index in [0.717, 1.165) is 22.5 Å². The van der Waals surface area contributed by atoms with Crippen LogP contribution in [0.25, 0.3) is 11.3 Å². The molecule has 3 aromatic rings. The lowest BCUT2D eigenvalue weighted by atomic mass is 10.2. The topological polar surface area (TPSA) is 79.8 Å². The lowest BCUT2D eigenvalue weighted by molar-refractivity contribution is -0.113. The Morgan fingerprint density at radius 3 is 2.84 bits per heavy atom. The third kappa shape index (κ3) is 4.30. The first-order valence-corrected chi connectivity index (χ1v) is 8.16. The number of carbonyl (C=O) groups is 1. The first-order valence-electron chi connectivity index (χ1n) is 7.62. The number of aromatic nitrogens is 3. The van der Waals surface area contributed by atoms with Crippen molar-refractivity contribution in [2.45, 2.75) is 6.92 Å². The molecule has 0 aliphatic rings. The van der Waals surface area contributed by atoms with Gasteiger partial charge in [-0.25, -0.2) is 9.97 Å². The van der Waals surface area contributed by atoms with E-state index in [9.17, 15) is 4.79 Å². The molecule has 1 aromatic carbocycles. The van der Waals surface area contributed by atoms with Gasteiger partial charge in [0.05, 0.1) is 5.69 Å². The van der Waals surface area contributed by atoms with Gasteiger partial charge in [-0.3, -0.25) is 9.78 Å². The number of nitrogens with zero attached hydrogens (tertiary/aromatic N) is 3. The summed E-state index contributed by atoms with van der Waals surface area (Å²) >= 11 is 5.53. The Kier molecular flexibility index (Phi) is 5.20. The maximum atomic E-state index is 11.4. The Hall–Kier alpha value is -2.99. The van der Waals surface area contributed by atoms with Gasteiger partial charge in [-0.2, -0.15) is 0 Å². The molecule has 0 unspecified atom stereocenters. The molecular weight excluding hydrogens is 338 g/mol. The van der Waals surface area contributed by atoms with Crippen molar-refractivity contribution in [1.82, 2.24) is 15.0 Å². The number of rotatable bonds is 5. The number of nitrogens with one attached hydrogen (secondary N) is 2. The number of benzene rings is 1. The minimum Gasteiger partial charge on any atom is -0.325 e. The van der Waals surface area contributed by atoms with E-state index in [1.165, 1.54) is 0 Å². The fraction of sp³-hybridized carbons (Fsp3) is 0.111. The second kappa shape index (κ2) is 7.72. The number of hydrogen-bond donors (Lipinski definition) is 2. The van der Waals surface area contributed by atoms with Gasteiger partial charge in [0.25, 0.3) is 0 Å². The van der Waals surface area contributed by atoms with Crippen LogP contribution in [-0.2, 0) is 4.79 Å². The van der Waals surface area contributed by atoms with E-state index in [4.69, 9.17) is 11.6 Å². The van der Waals surface area contributed by atoms with Crippen LogP contribution < -0.4 is 10.6 Å². The molecule has 1 amide bonds. The zero-order valence-electron chi connectivity index (χ0n) is 13.5. The van der Waals surface area contributed by atoms with E-state index in [1.54, 1.807) is 18.6 Å². The first-order chi connectivity index (χ1) is 12.2. The molecule has 0 radical (unpaired) electrons. The van der Waals surface area contributed by atoms with Crippen LogP contribution in [0.4, 0.5) is 17.3 Å². The van der Waals surface area contributed by atoms with Gasteiger partial charge >= 0.3 is 0 Å². The van der Waals surface area contributed by atoms with Gasteiger partial charge < -0.3 is 10.6 Å². The molecule has 25 heavy (non-hydrogen) atoms. The van der Waals surface area contributed by atoms with Crippen LogP contribution in [-0.4, -0.2) is 26.7 Å². The lowest BCUT2D eigenvalue weighted by Gasteiger charge is -2.11. The van der Waals surface area contributed by atoms with Gasteiger partial charge in [-0.1, -0.05) is 6.07 Å². The van der Waals surface area contributed by atoms with Crippen molar-refractivity contribution < 1.29 is 4.79 Å². The Bertz CT molecular complexity index is 886. The summed E-state index contributed by atoms with van der Waals surface area (Å²) in [7, 11) is 0. The molecule has 2 N–H and O–H groups in total. The summed E-state index contributed by atoms with van der Waals surface area (Å²) in [5, 5.41) is 5.91. The third-order valence-corrected chi connectivity index (χ3v) is 3.74. The van der Waals surface area contributed by atoms with Gasteiger partial charge in [0, 0.05) is 35.5 Å². The first kappa shape index (κ1) is 16.9. The highest BCUT2D eigenvalue weighted by Gasteiger charge is 2.07. The summed E-state index contributed by atoms with van der Waals surface area (Å²) < 4.78 is 0. The number of alkyl halides is 1. The molecule has 2 aromatic heterocycles. The molecule has 0 aliphatic carbocycles. The average molecular weight is 354 g/mol. The SMILES string of the molecule is Cc1ccc(NC(=O)CCl)cc1Nc1nccc(-c2cccnc2)n1. The highest BCUT2D eigenvalue weighted by molar-refractivity contribution is 6.29. The van der Waals surface area contributed by atoms with E-state index in [1.807, 2.05) is 43.3 Å². The van der Waals surface area contributed by atoms with Gasteiger partial charge in [-0.15, -0.1) is 11.6 Å². The van der Waals surface area contributed by atoms with Crippen molar-refractivity contribution in [2.75, 3.05) is 16.5 Å². The summed E-state index contributed by atoms with van der Waals surface area (Å²) in [4.78, 5) is 24.3. The normalized spacial score (nSPS) is 10.3. The average Bonchev–Trinajstić information content (AvgIpc) is 2.65. The summed E-state index contributed by atoms with van der Waals surface area (Å²) in [6, 6.07) is 11.2. The quantitative estimate of drug-likeness (QED) is 0.682. The Labute approximate surface area is 150 Å². The van der Waals surface area contributed by atoms with E-state index in [-0.39, 0.29) is 11.8 Å². The molecule has 0 atom stereocenters. The minimum absolute atomic E-state index is 0.0904. The monoisotopic (exact) mass is 353 g/mol. The zero-order chi connectivity index (χ0) is 17.6. The fourth-order valence-electron chi connectivity index (χ4n) is 2.24. The zero-order valence-corrected chi connectivity index (χ0v) is 14.3. The second-order valence-corrected chi connectivity index (χ2v) is 5.61. The highest BCUT2D eigenvalue weighted by atomic mass is 35.5. The molecule has 6 nitrogen and oxygen atoms in total. The molecule has 126 valence electrons. The Morgan fingerprint density at radius 2 is 2.08 bits per heavy atom. The van der Waals surface area contributed by atoms with Gasteiger partial charge in [0.1, 0.15) is 5.88 Å². The molecule has 0 saturated heterocycles. The van der Waals surface area contributed by atoms with Crippen LogP contribution >= 0.6 is 11.6 Å². The smallest absolute Gasteiger partial charge is 0.239 e. The molecule has 0 spiro atoms. The number of pyridine rings is 1. The molecule has 3 rings (SSSR count). The fourth-order valence-corrected chi connectivity index (χ4v) is 2.31. The molecular formula is C18H16ClN5O. The maximum Gasteiger partial charge on any atom is 0.239 e. The van der Waals surface area contributed by atoms with Crippen molar-refractivity contribution in [3.63, 3.8) is 0 Å². The summed E-state index contributed by atoms with van der Waals surface area (Å²) in [6.07, 6.45) is 5.15. The predicted molar refractivity (Wildman–Crippen MR) is 99.1 cm³/mol. The molecule has 7 heteroatoms. The number of hydrogen-bond acceptors (Lipinski definition) is 5. The molecule has 0 saturated carbocycles.